The number of carboxylic acids is 1. The van der Waals surface area contributed by atoms with Crippen LogP contribution in [-0.4, -0.2) is 51.3 Å². The number of hydrogen-bond acceptors (Lipinski definition) is 5. The minimum Gasteiger partial charge on any atom is -0.480 e. The van der Waals surface area contributed by atoms with Gasteiger partial charge in [-0.2, -0.15) is 0 Å². The molecule has 5 N–H and O–H groups in total. The summed E-state index contributed by atoms with van der Waals surface area (Å²) in [5.41, 5.74) is 7.73. The molecule has 1 unspecified atom stereocenters. The van der Waals surface area contributed by atoms with E-state index in [1.807, 2.05) is 6.07 Å². The van der Waals surface area contributed by atoms with Crippen LogP contribution in [0.2, 0.25) is 6.32 Å². The van der Waals surface area contributed by atoms with Crippen LogP contribution in [-0.2, 0) is 11.3 Å². The van der Waals surface area contributed by atoms with Gasteiger partial charge in [-0.25, -0.2) is 0 Å². The summed E-state index contributed by atoms with van der Waals surface area (Å²) in [5.74, 6) is -1.02. The zero-order chi connectivity index (χ0) is 22.3. The number of allylic oxidation sites excluding steroid dienone is 2. The van der Waals surface area contributed by atoms with Crippen LogP contribution >= 0.6 is 0 Å². The van der Waals surface area contributed by atoms with Gasteiger partial charge < -0.3 is 20.9 Å². The van der Waals surface area contributed by atoms with E-state index in [0.717, 1.165) is 38.8 Å². The zero-order valence-electron chi connectivity index (χ0n) is 18.2. The quantitative estimate of drug-likeness (QED) is 0.302. The molecular weight excluding hydrogens is 391 g/mol. The molecule has 1 aromatic rings. The average Bonchev–Trinajstić information content (AvgIpc) is 2.71. The third-order valence-corrected chi connectivity index (χ3v) is 6.74. The van der Waals surface area contributed by atoms with E-state index in [9.17, 15) is 9.90 Å². The number of nitrogens with zero attached hydrogens (tertiary/aromatic N) is 1. The molecule has 7 heteroatoms. The molecule has 0 heterocycles. The average molecular weight is 426 g/mol. The second-order valence-electron chi connectivity index (χ2n) is 9.04. The van der Waals surface area contributed by atoms with Gasteiger partial charge in [0.25, 0.3) is 0 Å². The molecule has 1 saturated carbocycles. The fraction of sp³-hybridized carbons (Fsp3) is 0.542. The maximum Gasteiger partial charge on any atom is 0.451 e. The van der Waals surface area contributed by atoms with E-state index in [4.69, 9.17) is 15.8 Å². The standard InChI is InChI=1S/C24H35BN2O4/c26-24(23(28)29,13-7-8-14-25(30)31)21-15-22(16-21)27(17-19-9-3-1-4-10-19)18-20-11-5-2-6-12-20/h1,3-5,9-12,21-22,30-31H,2,6-8,13-18,26H2,(H,28,29). The third-order valence-electron chi connectivity index (χ3n) is 6.74. The lowest BCUT2D eigenvalue weighted by Gasteiger charge is -2.49. The van der Waals surface area contributed by atoms with Crippen molar-refractivity contribution in [2.24, 2.45) is 11.7 Å². The summed E-state index contributed by atoms with van der Waals surface area (Å²) in [6.45, 7) is 1.70. The van der Waals surface area contributed by atoms with Crippen molar-refractivity contribution < 1.29 is 19.9 Å². The molecule has 31 heavy (non-hydrogen) atoms. The molecular formula is C24H35BN2O4. The van der Waals surface area contributed by atoms with Crippen molar-refractivity contribution in [1.82, 2.24) is 4.90 Å². The molecule has 168 valence electrons. The van der Waals surface area contributed by atoms with Gasteiger partial charge in [0.05, 0.1) is 0 Å². The van der Waals surface area contributed by atoms with Crippen molar-refractivity contribution in [1.29, 1.82) is 0 Å². The van der Waals surface area contributed by atoms with Gasteiger partial charge >= 0.3 is 13.1 Å². The maximum absolute atomic E-state index is 12.0. The molecule has 2 aliphatic carbocycles. The van der Waals surface area contributed by atoms with Gasteiger partial charge in [-0.15, -0.1) is 0 Å². The molecule has 1 aromatic carbocycles. The minimum atomic E-state index is -1.35. The fourth-order valence-electron chi connectivity index (χ4n) is 4.69. The molecule has 0 radical (unpaired) electrons. The third kappa shape index (κ3) is 6.53. The van der Waals surface area contributed by atoms with E-state index >= 15 is 0 Å². The van der Waals surface area contributed by atoms with Crippen LogP contribution < -0.4 is 5.73 Å². The Morgan fingerprint density at radius 3 is 2.48 bits per heavy atom. The predicted molar refractivity (Wildman–Crippen MR) is 123 cm³/mol. The highest BCUT2D eigenvalue weighted by molar-refractivity contribution is 6.40. The van der Waals surface area contributed by atoms with Crippen molar-refractivity contribution in [3.05, 3.63) is 59.7 Å². The number of nitrogens with two attached hydrogens (primary N) is 1. The lowest BCUT2D eigenvalue weighted by Crippen LogP contribution is -2.61. The summed E-state index contributed by atoms with van der Waals surface area (Å²) < 4.78 is 0. The van der Waals surface area contributed by atoms with E-state index in [1.54, 1.807) is 0 Å². The molecule has 6 nitrogen and oxygen atoms in total. The monoisotopic (exact) mass is 426 g/mol. The van der Waals surface area contributed by atoms with Gasteiger partial charge in [0, 0.05) is 19.1 Å². The lowest BCUT2D eigenvalue weighted by molar-refractivity contribution is -0.149. The summed E-state index contributed by atoms with van der Waals surface area (Å²) in [4.78, 5) is 14.5. The highest BCUT2D eigenvalue weighted by Crippen LogP contribution is 2.41. The Labute approximate surface area is 185 Å². The van der Waals surface area contributed by atoms with E-state index in [-0.39, 0.29) is 12.2 Å². The smallest absolute Gasteiger partial charge is 0.451 e. The summed E-state index contributed by atoms with van der Waals surface area (Å²) in [5, 5.41) is 27.8. The van der Waals surface area contributed by atoms with Crippen LogP contribution in [0.25, 0.3) is 0 Å². The Hall–Kier alpha value is -1.93. The molecule has 0 spiro atoms. The fourth-order valence-corrected chi connectivity index (χ4v) is 4.69. The summed E-state index contributed by atoms with van der Waals surface area (Å²) in [7, 11) is -1.35. The second kappa shape index (κ2) is 11.1. The number of carboxylic acid groups (broad SMARTS) is 1. The first-order chi connectivity index (χ1) is 14.9. The molecule has 3 rings (SSSR count). The van der Waals surface area contributed by atoms with Crippen LogP contribution in [0.4, 0.5) is 0 Å². The number of aliphatic carboxylic acids is 1. The first kappa shape index (κ1) is 23.7. The number of benzene rings is 1. The highest BCUT2D eigenvalue weighted by Gasteiger charge is 2.49. The molecule has 0 aliphatic heterocycles. The Kier molecular flexibility index (Phi) is 8.49. The SMILES string of the molecule is NC(CCCCB(O)O)(C(=O)O)C1CC(N(CC2=CCCC=C2)Cc2ccccc2)C1. The first-order valence-corrected chi connectivity index (χ1v) is 11.4. The Bertz CT molecular complexity index is 777. The normalized spacial score (nSPS) is 22.5. The van der Waals surface area contributed by atoms with Crippen molar-refractivity contribution in [3.8, 4) is 0 Å². The maximum atomic E-state index is 12.0. The van der Waals surface area contributed by atoms with Gasteiger partial charge in [0.1, 0.15) is 5.54 Å². The van der Waals surface area contributed by atoms with Crippen LogP contribution in [0.1, 0.15) is 50.5 Å². The van der Waals surface area contributed by atoms with Crippen molar-refractivity contribution >= 4 is 13.1 Å². The molecule has 0 amide bonds. The molecule has 0 aromatic heterocycles. The van der Waals surface area contributed by atoms with Crippen molar-refractivity contribution in [2.75, 3.05) is 6.54 Å². The molecule has 1 atom stereocenters. The molecule has 1 fully saturated rings. The Morgan fingerprint density at radius 2 is 1.87 bits per heavy atom. The van der Waals surface area contributed by atoms with Gasteiger partial charge in [0.15, 0.2) is 0 Å². The lowest BCUT2D eigenvalue weighted by atomic mass is 9.65. The van der Waals surface area contributed by atoms with Crippen LogP contribution in [0, 0.1) is 5.92 Å². The second-order valence-corrected chi connectivity index (χ2v) is 9.04. The van der Waals surface area contributed by atoms with Gasteiger partial charge in [-0.05, 0) is 55.5 Å². The molecule has 2 aliphatic rings. The zero-order valence-corrected chi connectivity index (χ0v) is 18.2. The van der Waals surface area contributed by atoms with E-state index in [2.05, 4.69) is 47.4 Å². The van der Waals surface area contributed by atoms with Crippen LogP contribution in [0.5, 0.6) is 0 Å². The van der Waals surface area contributed by atoms with E-state index in [0.29, 0.717) is 25.3 Å². The largest absolute Gasteiger partial charge is 0.480 e. The molecule has 0 bridgehead atoms. The number of hydrogen-bond donors (Lipinski definition) is 4. The highest BCUT2D eigenvalue weighted by atomic mass is 16.4. The first-order valence-electron chi connectivity index (χ1n) is 11.4. The van der Waals surface area contributed by atoms with Crippen molar-refractivity contribution in [2.45, 2.75) is 69.4 Å². The van der Waals surface area contributed by atoms with Gasteiger partial charge in [0.2, 0.25) is 0 Å². The summed E-state index contributed by atoms with van der Waals surface area (Å²) in [6.07, 6.45) is 12.2. The van der Waals surface area contributed by atoms with Gasteiger partial charge in [-0.3, -0.25) is 9.69 Å². The van der Waals surface area contributed by atoms with Crippen LogP contribution in [0.3, 0.4) is 0 Å². The van der Waals surface area contributed by atoms with E-state index < -0.39 is 18.6 Å². The Balaban J connectivity index is 1.62. The predicted octanol–water partition coefficient (Wildman–Crippen LogP) is 2.97. The Morgan fingerprint density at radius 1 is 1.13 bits per heavy atom. The van der Waals surface area contributed by atoms with Crippen LogP contribution in [0.15, 0.2) is 54.1 Å². The van der Waals surface area contributed by atoms with Gasteiger partial charge in [-0.1, -0.05) is 61.4 Å². The summed E-state index contributed by atoms with van der Waals surface area (Å²) in [6, 6.07) is 10.7. The van der Waals surface area contributed by atoms with E-state index in [1.165, 1.54) is 11.1 Å². The number of unbranched alkanes of at least 4 members (excludes halogenated alkanes) is 1. The minimum absolute atomic E-state index is 0.0665. The molecule has 0 saturated heterocycles. The number of carbonyl (C=O) groups is 1. The van der Waals surface area contributed by atoms with Crippen molar-refractivity contribution in [3.63, 3.8) is 0 Å². The number of rotatable bonds is 12. The topological polar surface area (TPSA) is 107 Å². The summed E-state index contributed by atoms with van der Waals surface area (Å²) >= 11 is 0.